The van der Waals surface area contributed by atoms with E-state index in [4.69, 9.17) is 5.11 Å². The van der Waals surface area contributed by atoms with Crippen molar-refractivity contribution in [3.8, 4) is 0 Å². The molecule has 4 aliphatic rings. The molecular weight excluding hydrogens is 408 g/mol. The van der Waals surface area contributed by atoms with Crippen LogP contribution in [0.25, 0.3) is 0 Å². The maximum absolute atomic E-state index is 12.8. The normalized spacial score (nSPS) is 43.2. The highest BCUT2D eigenvalue weighted by Gasteiger charge is 2.65. The van der Waals surface area contributed by atoms with E-state index in [1.807, 2.05) is 6.08 Å². The van der Waals surface area contributed by atoms with E-state index >= 15 is 0 Å². The Balaban J connectivity index is 1.59. The molecule has 0 saturated heterocycles. The molecule has 0 amide bonds. The van der Waals surface area contributed by atoms with Gasteiger partial charge in [0.15, 0.2) is 0 Å². The minimum atomic E-state index is -0.801. The molecule has 0 aromatic carbocycles. The van der Waals surface area contributed by atoms with Crippen LogP contribution in [0.5, 0.6) is 0 Å². The lowest BCUT2D eigenvalue weighted by Gasteiger charge is -2.63. The molecule has 3 nitrogen and oxygen atoms in total. The van der Waals surface area contributed by atoms with E-state index in [9.17, 15) is 9.59 Å². The molecule has 1 N–H and O–H groups in total. The summed E-state index contributed by atoms with van der Waals surface area (Å²) in [6.45, 7) is 16.2. The molecule has 0 spiro atoms. The summed E-state index contributed by atoms with van der Waals surface area (Å²) in [6.07, 6.45) is 14.4. The number of carbonyl (C=O) groups is 2. The molecule has 3 saturated carbocycles. The molecule has 3 heteroatoms. The van der Waals surface area contributed by atoms with E-state index in [-0.39, 0.29) is 10.8 Å². The smallest absolute Gasteiger partial charge is 0.330 e. The largest absolute Gasteiger partial charge is 0.478 e. The minimum absolute atomic E-state index is 0.174. The molecule has 3 fully saturated rings. The second-order valence-electron chi connectivity index (χ2n) is 13.3. The Morgan fingerprint density at radius 3 is 2.48 bits per heavy atom. The lowest BCUT2D eigenvalue weighted by Crippen LogP contribution is -2.56. The van der Waals surface area contributed by atoms with E-state index in [0.29, 0.717) is 45.9 Å². The number of hydrogen-bond acceptors (Lipinski definition) is 2. The van der Waals surface area contributed by atoms with Gasteiger partial charge in [-0.05, 0) is 98.2 Å². The van der Waals surface area contributed by atoms with Gasteiger partial charge in [-0.1, -0.05) is 59.3 Å². The Morgan fingerprint density at radius 1 is 1.12 bits per heavy atom. The van der Waals surface area contributed by atoms with Crippen molar-refractivity contribution in [3.05, 3.63) is 23.3 Å². The Bertz CT molecular complexity index is 894. The van der Waals surface area contributed by atoms with E-state index in [2.05, 4.69) is 47.6 Å². The fourth-order valence-electron chi connectivity index (χ4n) is 9.33. The lowest BCUT2D eigenvalue weighted by molar-refractivity contribution is -0.142. The van der Waals surface area contributed by atoms with Gasteiger partial charge in [0.1, 0.15) is 5.78 Å². The molecule has 4 aliphatic carbocycles. The molecule has 0 unspecified atom stereocenters. The number of carboxylic acid groups (broad SMARTS) is 1. The zero-order valence-corrected chi connectivity index (χ0v) is 22.1. The lowest BCUT2D eigenvalue weighted by atomic mass is 9.41. The third-order valence-corrected chi connectivity index (χ3v) is 11.7. The standard InChI is InChI=1S/C30H46O3/c1-19(9-8-10-20(2)26(32)33)21-13-17-30(7)23-11-12-24-27(3,4)25(31)15-16-28(24,5)22(23)14-18-29(21,30)6/h10,14,19,21,23-24H,8-9,11-13,15-18H2,1-7H3,(H,32,33)/b20-10-/t19-,21-,23+,24+,28-,29-,30+/m1/s1. The third-order valence-electron chi connectivity index (χ3n) is 11.7. The first-order valence-corrected chi connectivity index (χ1v) is 13.4. The van der Waals surface area contributed by atoms with Crippen molar-refractivity contribution in [2.24, 2.45) is 45.3 Å². The highest BCUT2D eigenvalue weighted by Crippen LogP contribution is 2.72. The maximum atomic E-state index is 12.8. The summed E-state index contributed by atoms with van der Waals surface area (Å²) < 4.78 is 0. The molecular formula is C30H46O3. The average Bonchev–Trinajstić information content (AvgIpc) is 3.02. The Labute approximate surface area is 201 Å². The summed E-state index contributed by atoms with van der Waals surface area (Å²) in [6, 6.07) is 0. The molecule has 0 heterocycles. The van der Waals surface area contributed by atoms with Gasteiger partial charge in [-0.3, -0.25) is 4.79 Å². The van der Waals surface area contributed by atoms with Crippen molar-refractivity contribution >= 4 is 11.8 Å². The highest BCUT2D eigenvalue weighted by molar-refractivity contribution is 5.86. The molecule has 33 heavy (non-hydrogen) atoms. The number of rotatable bonds is 5. The van der Waals surface area contributed by atoms with E-state index in [1.165, 1.54) is 25.7 Å². The molecule has 0 aromatic heterocycles. The van der Waals surface area contributed by atoms with Crippen LogP contribution in [0, 0.1) is 45.3 Å². The van der Waals surface area contributed by atoms with Crippen molar-refractivity contribution in [2.75, 3.05) is 0 Å². The van der Waals surface area contributed by atoms with Gasteiger partial charge in [0.05, 0.1) is 0 Å². The number of carbonyl (C=O) groups excluding carboxylic acids is 1. The Kier molecular flexibility index (Phi) is 6.07. The molecule has 7 atom stereocenters. The second kappa shape index (κ2) is 8.09. The van der Waals surface area contributed by atoms with Crippen LogP contribution in [0.4, 0.5) is 0 Å². The van der Waals surface area contributed by atoms with Crippen LogP contribution < -0.4 is 0 Å². The van der Waals surface area contributed by atoms with Crippen molar-refractivity contribution in [1.29, 1.82) is 0 Å². The minimum Gasteiger partial charge on any atom is -0.478 e. The van der Waals surface area contributed by atoms with Crippen LogP contribution in [0.15, 0.2) is 23.3 Å². The second-order valence-corrected chi connectivity index (χ2v) is 13.3. The first-order chi connectivity index (χ1) is 15.3. The number of aliphatic carboxylic acids is 1. The van der Waals surface area contributed by atoms with Crippen molar-refractivity contribution in [1.82, 2.24) is 0 Å². The number of hydrogen-bond donors (Lipinski definition) is 1. The van der Waals surface area contributed by atoms with E-state index < -0.39 is 5.97 Å². The fraction of sp³-hybridized carbons (Fsp3) is 0.800. The van der Waals surface area contributed by atoms with Crippen molar-refractivity contribution < 1.29 is 14.7 Å². The monoisotopic (exact) mass is 454 g/mol. The average molecular weight is 455 g/mol. The summed E-state index contributed by atoms with van der Waals surface area (Å²) in [5.74, 6) is 2.08. The topological polar surface area (TPSA) is 54.4 Å². The molecule has 0 aliphatic heterocycles. The van der Waals surface area contributed by atoms with Crippen LogP contribution in [0.1, 0.15) is 106 Å². The van der Waals surface area contributed by atoms with Crippen LogP contribution in [0.2, 0.25) is 0 Å². The SMILES string of the molecule is C/C(=C/CC[C@@H](C)[C@H]1CC[C@@]2(C)[C@H]3CC[C@H]4C(C)(C)C(=O)CC[C@]4(C)C3=CC[C@]12C)C(=O)O. The van der Waals surface area contributed by atoms with E-state index in [1.54, 1.807) is 12.5 Å². The van der Waals surface area contributed by atoms with Crippen LogP contribution in [-0.2, 0) is 9.59 Å². The zero-order valence-electron chi connectivity index (χ0n) is 22.1. The summed E-state index contributed by atoms with van der Waals surface area (Å²) in [5, 5.41) is 9.15. The molecule has 0 bridgehead atoms. The Hall–Kier alpha value is -1.38. The number of carboxylic acids is 1. The number of ketones is 1. The molecule has 0 aromatic rings. The van der Waals surface area contributed by atoms with Gasteiger partial charge >= 0.3 is 5.97 Å². The van der Waals surface area contributed by atoms with Gasteiger partial charge in [0.25, 0.3) is 0 Å². The summed E-state index contributed by atoms with van der Waals surface area (Å²) in [5.41, 5.74) is 2.77. The van der Waals surface area contributed by atoms with Crippen molar-refractivity contribution in [3.63, 3.8) is 0 Å². The van der Waals surface area contributed by atoms with Crippen LogP contribution >= 0.6 is 0 Å². The molecule has 4 rings (SSSR count). The van der Waals surface area contributed by atoms with E-state index in [0.717, 1.165) is 32.1 Å². The van der Waals surface area contributed by atoms with Crippen molar-refractivity contribution in [2.45, 2.75) is 106 Å². The van der Waals surface area contributed by atoms with Crippen LogP contribution in [-0.4, -0.2) is 16.9 Å². The number of allylic oxidation sites excluding steroid dienone is 3. The van der Waals surface area contributed by atoms with Gasteiger partial charge in [0.2, 0.25) is 0 Å². The first kappa shape index (κ1) is 24.7. The first-order valence-electron chi connectivity index (χ1n) is 13.4. The summed E-state index contributed by atoms with van der Waals surface area (Å²) in [7, 11) is 0. The maximum Gasteiger partial charge on any atom is 0.330 e. The number of Topliss-reactive ketones (excluding diaryl/α,β-unsaturated/α-hetero) is 1. The third kappa shape index (κ3) is 3.50. The quantitative estimate of drug-likeness (QED) is 0.343. The molecule has 184 valence electrons. The highest BCUT2D eigenvalue weighted by atomic mass is 16.4. The summed E-state index contributed by atoms with van der Waals surface area (Å²) >= 11 is 0. The van der Waals surface area contributed by atoms with Crippen LogP contribution in [0.3, 0.4) is 0 Å². The summed E-state index contributed by atoms with van der Waals surface area (Å²) in [4.78, 5) is 23.9. The predicted octanol–water partition coefficient (Wildman–Crippen LogP) is 7.61. The molecule has 0 radical (unpaired) electrons. The van der Waals surface area contributed by atoms with Gasteiger partial charge < -0.3 is 5.11 Å². The number of fused-ring (bicyclic) bond motifs is 5. The predicted molar refractivity (Wildman–Crippen MR) is 134 cm³/mol. The fourth-order valence-corrected chi connectivity index (χ4v) is 9.33. The van der Waals surface area contributed by atoms with Gasteiger partial charge in [-0.25, -0.2) is 4.79 Å². The zero-order chi connectivity index (χ0) is 24.4. The Morgan fingerprint density at radius 2 is 1.82 bits per heavy atom. The van der Waals surface area contributed by atoms with Gasteiger partial charge in [0, 0.05) is 17.4 Å². The van der Waals surface area contributed by atoms with Gasteiger partial charge in [-0.15, -0.1) is 0 Å². The van der Waals surface area contributed by atoms with Gasteiger partial charge in [-0.2, -0.15) is 0 Å².